The zero-order valence-corrected chi connectivity index (χ0v) is 16.7. The van der Waals surface area contributed by atoms with Crippen LogP contribution in [0.2, 0.25) is 0 Å². The van der Waals surface area contributed by atoms with E-state index in [9.17, 15) is 16.8 Å². The summed E-state index contributed by atoms with van der Waals surface area (Å²) in [4.78, 5) is 2.18. The highest BCUT2D eigenvalue weighted by Crippen LogP contribution is 2.27. The lowest BCUT2D eigenvalue weighted by molar-refractivity contribution is 0.400. The Morgan fingerprint density at radius 3 is 2.56 bits per heavy atom. The van der Waals surface area contributed by atoms with Gasteiger partial charge < -0.3 is 4.90 Å². The van der Waals surface area contributed by atoms with Gasteiger partial charge in [-0.3, -0.25) is 4.31 Å². The highest BCUT2D eigenvalue weighted by molar-refractivity contribution is 7.92. The van der Waals surface area contributed by atoms with E-state index in [1.807, 2.05) is 19.0 Å². The Bertz CT molecular complexity index is 805. The summed E-state index contributed by atoms with van der Waals surface area (Å²) in [5.41, 5.74) is 1.07. The maximum Gasteiger partial charge on any atom is 0.240 e. The first-order chi connectivity index (χ1) is 11.6. The Labute approximate surface area is 151 Å². The second-order valence-electron chi connectivity index (χ2n) is 6.60. The van der Waals surface area contributed by atoms with Crippen LogP contribution in [0.4, 0.5) is 5.69 Å². The molecule has 0 amide bonds. The van der Waals surface area contributed by atoms with Gasteiger partial charge in [0.2, 0.25) is 20.0 Å². The third-order valence-electron chi connectivity index (χ3n) is 4.16. The number of aryl methyl sites for hydroxylation is 1. The molecule has 9 heteroatoms. The smallest absolute Gasteiger partial charge is 0.240 e. The number of nitrogens with zero attached hydrogens (tertiary/aromatic N) is 2. The maximum atomic E-state index is 12.5. The van der Waals surface area contributed by atoms with Crippen LogP contribution < -0.4 is 9.03 Å². The van der Waals surface area contributed by atoms with Gasteiger partial charge in [-0.1, -0.05) is 0 Å². The van der Waals surface area contributed by atoms with E-state index in [1.165, 1.54) is 10.4 Å². The molecule has 1 heterocycles. The second kappa shape index (κ2) is 8.03. The van der Waals surface area contributed by atoms with Gasteiger partial charge in [0.05, 0.1) is 16.3 Å². The van der Waals surface area contributed by atoms with Gasteiger partial charge in [-0.25, -0.2) is 21.6 Å². The standard InChI is InChI=1S/C16H27N3O4S2/c1-14-13-15(19-11-4-5-12-24(19,20)21)7-8-16(14)25(22,23)17-9-6-10-18(2)3/h7-8,13,17H,4-6,9-12H2,1-3H3. The maximum absolute atomic E-state index is 12.5. The fourth-order valence-electron chi connectivity index (χ4n) is 2.85. The van der Waals surface area contributed by atoms with E-state index < -0.39 is 20.0 Å². The molecule has 0 radical (unpaired) electrons. The third kappa shape index (κ3) is 5.16. The number of anilines is 1. The Kier molecular flexibility index (Phi) is 6.47. The molecule has 1 aromatic carbocycles. The predicted molar refractivity (Wildman–Crippen MR) is 99.9 cm³/mol. The number of rotatable bonds is 7. The van der Waals surface area contributed by atoms with Crippen LogP contribution in [0.1, 0.15) is 24.8 Å². The van der Waals surface area contributed by atoms with Crippen molar-refractivity contribution in [2.24, 2.45) is 0 Å². The summed E-state index contributed by atoms with van der Waals surface area (Å²) in [5, 5.41) is 0. The van der Waals surface area contributed by atoms with Gasteiger partial charge in [0.25, 0.3) is 0 Å². The molecular formula is C16H27N3O4S2. The number of nitrogens with one attached hydrogen (secondary N) is 1. The van der Waals surface area contributed by atoms with Crippen molar-refractivity contribution in [2.45, 2.75) is 31.1 Å². The Morgan fingerprint density at radius 2 is 1.96 bits per heavy atom. The van der Waals surface area contributed by atoms with E-state index in [-0.39, 0.29) is 10.6 Å². The molecule has 142 valence electrons. The molecule has 1 fully saturated rings. The normalized spacial score (nSPS) is 17.8. The molecule has 0 atom stereocenters. The number of hydrogen-bond donors (Lipinski definition) is 1. The molecule has 2 rings (SSSR count). The first kappa shape index (κ1) is 20.2. The lowest BCUT2D eigenvalue weighted by Crippen LogP contribution is -2.38. The topological polar surface area (TPSA) is 86.8 Å². The zero-order valence-electron chi connectivity index (χ0n) is 15.0. The van der Waals surface area contributed by atoms with E-state index in [0.717, 1.165) is 19.4 Å². The Hall–Kier alpha value is -1.16. The predicted octanol–water partition coefficient (Wildman–Crippen LogP) is 1.16. The minimum absolute atomic E-state index is 0.138. The lowest BCUT2D eigenvalue weighted by atomic mass is 10.2. The fourth-order valence-corrected chi connectivity index (χ4v) is 5.78. The number of hydrogen-bond acceptors (Lipinski definition) is 5. The van der Waals surface area contributed by atoms with Crippen LogP contribution >= 0.6 is 0 Å². The van der Waals surface area contributed by atoms with E-state index in [2.05, 4.69) is 4.72 Å². The summed E-state index contributed by atoms with van der Waals surface area (Å²) in [6.45, 7) is 3.29. The van der Waals surface area contributed by atoms with Gasteiger partial charge in [0, 0.05) is 13.1 Å². The first-order valence-corrected chi connectivity index (χ1v) is 11.5. The highest BCUT2D eigenvalue weighted by atomic mass is 32.2. The van der Waals surface area contributed by atoms with Crippen molar-refractivity contribution in [1.82, 2.24) is 9.62 Å². The molecule has 1 aliphatic rings. The second-order valence-corrected chi connectivity index (χ2v) is 10.3. The van der Waals surface area contributed by atoms with Crippen molar-refractivity contribution < 1.29 is 16.8 Å². The molecule has 0 aliphatic carbocycles. The minimum atomic E-state index is -3.60. The quantitative estimate of drug-likeness (QED) is 0.707. The molecule has 0 spiro atoms. The average molecular weight is 390 g/mol. The van der Waals surface area contributed by atoms with E-state index in [4.69, 9.17) is 0 Å². The van der Waals surface area contributed by atoms with Crippen LogP contribution in [-0.4, -0.2) is 61.2 Å². The van der Waals surface area contributed by atoms with Crippen molar-refractivity contribution in [3.05, 3.63) is 23.8 Å². The van der Waals surface area contributed by atoms with E-state index in [0.29, 0.717) is 30.8 Å². The summed E-state index contributed by atoms with van der Waals surface area (Å²) >= 11 is 0. The summed E-state index contributed by atoms with van der Waals surface area (Å²) in [6, 6.07) is 4.70. The molecule has 0 unspecified atom stereocenters. The molecule has 1 N–H and O–H groups in total. The Balaban J connectivity index is 2.16. The summed E-state index contributed by atoms with van der Waals surface area (Å²) in [6.07, 6.45) is 2.20. The van der Waals surface area contributed by atoms with Crippen LogP contribution in [0, 0.1) is 6.92 Å². The Morgan fingerprint density at radius 1 is 1.24 bits per heavy atom. The third-order valence-corrected chi connectivity index (χ3v) is 7.65. The molecule has 0 aromatic heterocycles. The summed E-state index contributed by atoms with van der Waals surface area (Å²) in [5.74, 6) is 0.138. The van der Waals surface area contributed by atoms with Gasteiger partial charge in [-0.15, -0.1) is 0 Å². The van der Waals surface area contributed by atoms with Crippen LogP contribution in [-0.2, 0) is 20.0 Å². The van der Waals surface area contributed by atoms with Crippen molar-refractivity contribution in [3.63, 3.8) is 0 Å². The van der Waals surface area contributed by atoms with Crippen LogP contribution in [0.5, 0.6) is 0 Å². The number of benzene rings is 1. The van der Waals surface area contributed by atoms with Gasteiger partial charge in [0.1, 0.15) is 0 Å². The fraction of sp³-hybridized carbons (Fsp3) is 0.625. The summed E-state index contributed by atoms with van der Waals surface area (Å²) < 4.78 is 53.3. The van der Waals surface area contributed by atoms with E-state index in [1.54, 1.807) is 19.1 Å². The molecule has 1 aliphatic heterocycles. The zero-order chi connectivity index (χ0) is 18.7. The lowest BCUT2D eigenvalue weighted by Gasteiger charge is -2.28. The number of sulfonamides is 2. The van der Waals surface area contributed by atoms with E-state index >= 15 is 0 Å². The van der Waals surface area contributed by atoms with Crippen molar-refractivity contribution in [1.29, 1.82) is 0 Å². The van der Waals surface area contributed by atoms with Crippen molar-refractivity contribution in [3.8, 4) is 0 Å². The van der Waals surface area contributed by atoms with Crippen molar-refractivity contribution >= 4 is 25.7 Å². The molecule has 7 nitrogen and oxygen atoms in total. The highest BCUT2D eigenvalue weighted by Gasteiger charge is 2.27. The molecular weight excluding hydrogens is 362 g/mol. The summed E-state index contributed by atoms with van der Waals surface area (Å²) in [7, 11) is -3.03. The average Bonchev–Trinajstić information content (AvgIpc) is 2.50. The first-order valence-electron chi connectivity index (χ1n) is 8.39. The van der Waals surface area contributed by atoms with Crippen molar-refractivity contribution in [2.75, 3.05) is 43.8 Å². The van der Waals surface area contributed by atoms with Crippen LogP contribution in [0.3, 0.4) is 0 Å². The SMILES string of the molecule is Cc1cc(N2CCCCS2(=O)=O)ccc1S(=O)(=O)NCCCN(C)C. The van der Waals surface area contributed by atoms with Crippen LogP contribution in [0.15, 0.2) is 23.1 Å². The molecule has 25 heavy (non-hydrogen) atoms. The largest absolute Gasteiger partial charge is 0.309 e. The minimum Gasteiger partial charge on any atom is -0.309 e. The van der Waals surface area contributed by atoms with Gasteiger partial charge in [-0.2, -0.15) is 0 Å². The van der Waals surface area contributed by atoms with Gasteiger partial charge in [0.15, 0.2) is 0 Å². The molecule has 1 aromatic rings. The molecule has 0 saturated carbocycles. The van der Waals surface area contributed by atoms with Crippen LogP contribution in [0.25, 0.3) is 0 Å². The van der Waals surface area contributed by atoms with Gasteiger partial charge >= 0.3 is 0 Å². The molecule has 1 saturated heterocycles. The van der Waals surface area contributed by atoms with Gasteiger partial charge in [-0.05, 0) is 70.6 Å². The monoisotopic (exact) mass is 389 g/mol. The molecule has 0 bridgehead atoms.